The second-order valence-corrected chi connectivity index (χ2v) is 6.53. The van der Waals surface area contributed by atoms with E-state index in [1.165, 1.54) is 13.0 Å². The molecule has 2 rings (SSSR count). The Kier molecular flexibility index (Phi) is 6.53. The van der Waals surface area contributed by atoms with Gasteiger partial charge in [0.15, 0.2) is 6.10 Å². The highest BCUT2D eigenvalue weighted by molar-refractivity contribution is 6.34. The first-order chi connectivity index (χ1) is 11.7. The molecule has 1 atom stereocenters. The predicted molar refractivity (Wildman–Crippen MR) is 101 cm³/mol. The minimum absolute atomic E-state index is 0.268. The van der Waals surface area contributed by atoms with Gasteiger partial charge < -0.3 is 15.4 Å². The molecule has 0 heterocycles. The van der Waals surface area contributed by atoms with E-state index in [4.69, 9.17) is 39.5 Å². The number of nitrogens with one attached hydrogen (secondary N) is 2. The highest BCUT2D eigenvalue weighted by Gasteiger charge is 2.17. The lowest BCUT2D eigenvalue weighted by molar-refractivity contribution is -0.122. The minimum Gasteiger partial charge on any atom is -0.481 e. The summed E-state index contributed by atoms with van der Waals surface area (Å²) in [4.78, 5) is 23.6. The molecular weight excluding hydrogens is 387 g/mol. The fraction of sp³-hybridized carbons (Fsp3) is 0.176. The van der Waals surface area contributed by atoms with Crippen molar-refractivity contribution >= 4 is 58.0 Å². The van der Waals surface area contributed by atoms with Crippen LogP contribution in [0.1, 0.15) is 13.8 Å². The third-order valence-electron chi connectivity index (χ3n) is 3.07. The van der Waals surface area contributed by atoms with Gasteiger partial charge in [-0.2, -0.15) is 0 Å². The molecule has 0 bridgehead atoms. The molecule has 25 heavy (non-hydrogen) atoms. The average Bonchev–Trinajstić information content (AvgIpc) is 2.48. The molecule has 0 fully saturated rings. The van der Waals surface area contributed by atoms with Gasteiger partial charge in [0, 0.05) is 22.0 Å². The topological polar surface area (TPSA) is 67.4 Å². The zero-order chi connectivity index (χ0) is 18.6. The van der Waals surface area contributed by atoms with Gasteiger partial charge in [-0.3, -0.25) is 9.59 Å². The molecule has 2 aromatic carbocycles. The Morgan fingerprint density at radius 3 is 2.16 bits per heavy atom. The van der Waals surface area contributed by atoms with Crippen molar-refractivity contribution in [1.82, 2.24) is 0 Å². The van der Waals surface area contributed by atoms with E-state index in [0.29, 0.717) is 32.2 Å². The summed E-state index contributed by atoms with van der Waals surface area (Å²) < 4.78 is 5.56. The molecule has 2 N–H and O–H groups in total. The quantitative estimate of drug-likeness (QED) is 0.740. The van der Waals surface area contributed by atoms with Crippen LogP contribution in [0.2, 0.25) is 15.1 Å². The summed E-state index contributed by atoms with van der Waals surface area (Å²) in [5.74, 6) is -0.325. The maximum atomic E-state index is 12.4. The number of hydrogen-bond acceptors (Lipinski definition) is 3. The molecule has 0 saturated carbocycles. The molecule has 8 heteroatoms. The molecule has 0 saturated heterocycles. The van der Waals surface area contributed by atoms with Gasteiger partial charge in [0.25, 0.3) is 5.91 Å². The van der Waals surface area contributed by atoms with Crippen molar-refractivity contribution < 1.29 is 14.3 Å². The van der Waals surface area contributed by atoms with E-state index in [2.05, 4.69) is 10.6 Å². The summed E-state index contributed by atoms with van der Waals surface area (Å²) in [6.07, 6.45) is -0.835. The number of halogens is 3. The van der Waals surface area contributed by atoms with E-state index in [-0.39, 0.29) is 5.91 Å². The summed E-state index contributed by atoms with van der Waals surface area (Å²) in [7, 11) is 0. The van der Waals surface area contributed by atoms with Gasteiger partial charge in [0.05, 0.1) is 11.4 Å². The van der Waals surface area contributed by atoms with Crippen LogP contribution in [0.4, 0.5) is 11.4 Å². The Bertz CT molecular complexity index is 791. The summed E-state index contributed by atoms with van der Waals surface area (Å²) in [5, 5.41) is 6.52. The van der Waals surface area contributed by atoms with E-state index in [0.717, 1.165) is 0 Å². The molecule has 0 aliphatic heterocycles. The fourth-order valence-corrected chi connectivity index (χ4v) is 2.69. The number of amides is 2. The number of rotatable bonds is 5. The summed E-state index contributed by atoms with van der Waals surface area (Å²) in [5.41, 5.74) is 0.801. The maximum absolute atomic E-state index is 12.4. The van der Waals surface area contributed by atoms with Crippen molar-refractivity contribution in [2.75, 3.05) is 10.6 Å². The average molecular weight is 402 g/mol. The van der Waals surface area contributed by atoms with Crippen LogP contribution >= 0.6 is 34.8 Å². The number of benzene rings is 2. The van der Waals surface area contributed by atoms with E-state index in [9.17, 15) is 9.59 Å². The van der Waals surface area contributed by atoms with Gasteiger partial charge in [-0.25, -0.2) is 0 Å². The molecule has 2 aromatic rings. The summed E-state index contributed by atoms with van der Waals surface area (Å²) in [6.45, 7) is 2.95. The Hall–Kier alpha value is -1.95. The fourth-order valence-electron chi connectivity index (χ4n) is 2.01. The van der Waals surface area contributed by atoms with Gasteiger partial charge in [-0.1, -0.05) is 34.8 Å². The second-order valence-electron chi connectivity index (χ2n) is 5.23. The van der Waals surface area contributed by atoms with Crippen LogP contribution in [0.5, 0.6) is 5.75 Å². The minimum atomic E-state index is -0.835. The monoisotopic (exact) mass is 400 g/mol. The lowest BCUT2D eigenvalue weighted by atomic mass is 10.2. The predicted octanol–water partition coefficient (Wildman–Crippen LogP) is 5.01. The van der Waals surface area contributed by atoms with Crippen LogP contribution in [0.3, 0.4) is 0 Å². The highest BCUT2D eigenvalue weighted by Crippen LogP contribution is 2.27. The van der Waals surface area contributed by atoms with Gasteiger partial charge in [-0.15, -0.1) is 0 Å². The van der Waals surface area contributed by atoms with Crippen LogP contribution in [0.25, 0.3) is 0 Å². The van der Waals surface area contributed by atoms with Crippen molar-refractivity contribution in [3.05, 3.63) is 51.5 Å². The summed E-state index contributed by atoms with van der Waals surface area (Å²) >= 11 is 17.8. The lowest BCUT2D eigenvalue weighted by Crippen LogP contribution is -2.30. The number of carbonyl (C=O) groups excluding carboxylic acids is 2. The van der Waals surface area contributed by atoms with Gasteiger partial charge in [-0.05, 0) is 43.3 Å². The summed E-state index contributed by atoms with van der Waals surface area (Å²) in [6, 6.07) is 9.41. The third kappa shape index (κ3) is 5.81. The molecule has 0 spiro atoms. The molecule has 0 radical (unpaired) electrons. The first-order valence-corrected chi connectivity index (χ1v) is 8.39. The number of hydrogen-bond donors (Lipinski definition) is 2. The van der Waals surface area contributed by atoms with E-state index in [1.54, 1.807) is 37.3 Å². The van der Waals surface area contributed by atoms with E-state index < -0.39 is 12.0 Å². The van der Waals surface area contributed by atoms with Crippen molar-refractivity contribution in [3.8, 4) is 5.75 Å². The lowest BCUT2D eigenvalue weighted by Gasteiger charge is -2.17. The van der Waals surface area contributed by atoms with E-state index >= 15 is 0 Å². The Labute approximate surface area is 160 Å². The van der Waals surface area contributed by atoms with Crippen molar-refractivity contribution in [3.63, 3.8) is 0 Å². The molecule has 5 nitrogen and oxygen atoms in total. The first kappa shape index (κ1) is 19.4. The maximum Gasteiger partial charge on any atom is 0.265 e. The molecule has 1 unspecified atom stereocenters. The van der Waals surface area contributed by atoms with E-state index in [1.807, 2.05) is 0 Å². The van der Waals surface area contributed by atoms with Crippen LogP contribution in [-0.2, 0) is 9.59 Å². The molecule has 0 aliphatic rings. The van der Waals surface area contributed by atoms with Crippen LogP contribution in [0, 0.1) is 0 Å². The largest absolute Gasteiger partial charge is 0.481 e. The number of anilines is 2. The Morgan fingerprint density at radius 1 is 0.920 bits per heavy atom. The second kappa shape index (κ2) is 8.43. The van der Waals surface area contributed by atoms with Crippen molar-refractivity contribution in [2.24, 2.45) is 0 Å². The molecule has 132 valence electrons. The zero-order valence-corrected chi connectivity index (χ0v) is 15.7. The smallest absolute Gasteiger partial charge is 0.265 e. The van der Waals surface area contributed by atoms with Gasteiger partial charge in [0.2, 0.25) is 5.91 Å². The molecule has 0 aromatic heterocycles. The third-order valence-corrected chi connectivity index (χ3v) is 3.74. The first-order valence-electron chi connectivity index (χ1n) is 7.25. The molecule has 2 amide bonds. The molecular formula is C17H15Cl3N2O3. The van der Waals surface area contributed by atoms with Crippen LogP contribution < -0.4 is 15.4 Å². The van der Waals surface area contributed by atoms with Crippen molar-refractivity contribution in [2.45, 2.75) is 20.0 Å². The molecule has 0 aliphatic carbocycles. The number of ether oxygens (including phenoxy) is 1. The van der Waals surface area contributed by atoms with Crippen LogP contribution in [-0.4, -0.2) is 17.9 Å². The van der Waals surface area contributed by atoms with Crippen molar-refractivity contribution in [1.29, 1.82) is 0 Å². The van der Waals surface area contributed by atoms with Gasteiger partial charge in [0.1, 0.15) is 5.75 Å². The highest BCUT2D eigenvalue weighted by atomic mass is 35.5. The van der Waals surface area contributed by atoms with Crippen LogP contribution in [0.15, 0.2) is 36.4 Å². The van der Waals surface area contributed by atoms with Gasteiger partial charge >= 0.3 is 0 Å². The normalized spacial score (nSPS) is 11.6. The SMILES string of the molecule is CC(=O)Nc1ccc(Cl)cc1NC(=O)C(C)Oc1cc(Cl)cc(Cl)c1. The Morgan fingerprint density at radius 2 is 1.56 bits per heavy atom. The number of carbonyl (C=O) groups is 2. The zero-order valence-electron chi connectivity index (χ0n) is 13.4. The Balaban J connectivity index is 2.13. The standard InChI is InChI=1S/C17H15Cl3N2O3/c1-9(25-14-6-12(19)5-13(20)7-14)17(24)22-16-8-11(18)3-4-15(16)21-10(2)23/h3-9H,1-2H3,(H,21,23)(H,22,24).